The molecule has 2 nitrogen and oxygen atoms in total. The van der Waals surface area contributed by atoms with Gasteiger partial charge < -0.3 is 5.32 Å². The Morgan fingerprint density at radius 1 is 1.24 bits per heavy atom. The summed E-state index contributed by atoms with van der Waals surface area (Å²) >= 11 is 7.56. The van der Waals surface area contributed by atoms with E-state index in [0.29, 0.717) is 0 Å². The average Bonchev–Trinajstić information content (AvgIpc) is 2.95. The van der Waals surface area contributed by atoms with Gasteiger partial charge in [0.05, 0.1) is 5.54 Å². The topological polar surface area (TPSA) is 29.1 Å². The van der Waals surface area contributed by atoms with Crippen LogP contribution in [-0.4, -0.2) is 5.91 Å². The molecule has 3 rings (SSSR count). The zero-order chi connectivity index (χ0) is 14.7. The Morgan fingerprint density at radius 3 is 2.57 bits per heavy atom. The highest BCUT2D eigenvalue weighted by molar-refractivity contribution is 7.08. The quantitative estimate of drug-likeness (QED) is 0.820. The first-order valence-corrected chi connectivity index (χ1v) is 8.29. The summed E-state index contributed by atoms with van der Waals surface area (Å²) in [5, 5.41) is 7.90. The average molecular weight is 318 g/mol. The van der Waals surface area contributed by atoms with E-state index in [9.17, 15) is 4.79 Å². The van der Waals surface area contributed by atoms with E-state index >= 15 is 0 Å². The van der Waals surface area contributed by atoms with Gasteiger partial charge in [-0.1, -0.05) is 23.7 Å². The van der Waals surface area contributed by atoms with Crippen LogP contribution in [0.1, 0.15) is 30.4 Å². The largest absolute Gasteiger partial charge is 0.343 e. The highest BCUT2D eigenvalue weighted by Crippen LogP contribution is 2.41. The highest BCUT2D eigenvalue weighted by atomic mass is 35.5. The maximum Gasteiger partial charge on any atom is 0.244 e. The van der Waals surface area contributed by atoms with Gasteiger partial charge in [0.1, 0.15) is 0 Å². The minimum Gasteiger partial charge on any atom is -0.343 e. The molecule has 1 aromatic heterocycles. The maximum absolute atomic E-state index is 12.2. The normalized spacial score (nSPS) is 16.6. The zero-order valence-corrected chi connectivity index (χ0v) is 13.1. The molecule has 0 radical (unpaired) electrons. The minimum atomic E-state index is -0.222. The lowest BCUT2D eigenvalue weighted by molar-refractivity contribution is -0.119. The molecule has 0 saturated heterocycles. The number of hydrogen-bond donors (Lipinski definition) is 1. The second-order valence-corrected chi connectivity index (χ2v) is 6.54. The summed E-state index contributed by atoms with van der Waals surface area (Å²) < 4.78 is 0. The van der Waals surface area contributed by atoms with E-state index < -0.39 is 0 Å². The Bertz CT molecular complexity index is 642. The van der Waals surface area contributed by atoms with Crippen LogP contribution in [0.25, 0.3) is 6.08 Å². The number of carbonyl (C=O) groups excluding carboxylic acids is 1. The van der Waals surface area contributed by atoms with Crippen LogP contribution in [-0.2, 0) is 10.3 Å². The van der Waals surface area contributed by atoms with Gasteiger partial charge in [-0.05, 0) is 65.4 Å². The van der Waals surface area contributed by atoms with Crippen molar-refractivity contribution in [2.75, 3.05) is 0 Å². The molecule has 1 heterocycles. The molecule has 0 spiro atoms. The molecule has 1 saturated carbocycles. The van der Waals surface area contributed by atoms with Gasteiger partial charge in [0.15, 0.2) is 0 Å². The highest BCUT2D eigenvalue weighted by Gasteiger charge is 2.39. The molecular formula is C17H16ClNOS. The zero-order valence-electron chi connectivity index (χ0n) is 11.5. The van der Waals surface area contributed by atoms with E-state index in [1.807, 2.05) is 47.2 Å². The Morgan fingerprint density at radius 2 is 2.00 bits per heavy atom. The molecule has 1 aliphatic rings. The standard InChI is InChI=1S/C17H16ClNOS/c18-15-5-3-14(4-6-15)17(9-1-10-17)19-16(20)7-2-13-8-11-21-12-13/h2-8,11-12H,1,9-10H2,(H,19,20)/b7-2+. The van der Waals surface area contributed by atoms with E-state index in [1.165, 1.54) is 0 Å². The molecular weight excluding hydrogens is 302 g/mol. The molecule has 0 atom stereocenters. The Labute approximate surface area is 133 Å². The number of amides is 1. The van der Waals surface area contributed by atoms with Crippen molar-refractivity contribution in [1.82, 2.24) is 5.32 Å². The third-order valence-corrected chi connectivity index (χ3v) is 4.89. The predicted octanol–water partition coefficient (Wildman–Crippen LogP) is 4.61. The fraction of sp³-hybridized carbons (Fsp3) is 0.235. The van der Waals surface area contributed by atoms with Gasteiger partial charge in [-0.3, -0.25) is 4.79 Å². The fourth-order valence-electron chi connectivity index (χ4n) is 2.60. The Balaban J connectivity index is 1.72. The van der Waals surface area contributed by atoms with Crippen LogP contribution < -0.4 is 5.32 Å². The van der Waals surface area contributed by atoms with Crippen LogP contribution in [0.5, 0.6) is 0 Å². The van der Waals surface area contributed by atoms with Gasteiger partial charge in [-0.15, -0.1) is 0 Å². The number of hydrogen-bond acceptors (Lipinski definition) is 2. The smallest absolute Gasteiger partial charge is 0.244 e. The van der Waals surface area contributed by atoms with Crippen molar-refractivity contribution in [2.24, 2.45) is 0 Å². The maximum atomic E-state index is 12.2. The number of thiophene rings is 1. The number of carbonyl (C=O) groups is 1. The van der Waals surface area contributed by atoms with E-state index in [4.69, 9.17) is 11.6 Å². The first kappa shape index (κ1) is 14.4. The molecule has 0 unspecified atom stereocenters. The van der Waals surface area contributed by atoms with Gasteiger partial charge in [0, 0.05) is 11.1 Å². The minimum absolute atomic E-state index is 0.0455. The number of benzene rings is 1. The van der Waals surface area contributed by atoms with Gasteiger partial charge in [-0.2, -0.15) is 11.3 Å². The van der Waals surface area contributed by atoms with Gasteiger partial charge >= 0.3 is 0 Å². The van der Waals surface area contributed by atoms with E-state index in [-0.39, 0.29) is 11.4 Å². The third kappa shape index (κ3) is 3.20. The monoisotopic (exact) mass is 317 g/mol. The molecule has 1 aromatic carbocycles. The summed E-state index contributed by atoms with van der Waals surface area (Å²) in [7, 11) is 0. The second kappa shape index (κ2) is 6.04. The lowest BCUT2D eigenvalue weighted by Gasteiger charge is -2.43. The molecule has 0 aliphatic heterocycles. The second-order valence-electron chi connectivity index (χ2n) is 5.32. The Hall–Kier alpha value is -1.58. The van der Waals surface area contributed by atoms with Gasteiger partial charge in [0.25, 0.3) is 0 Å². The summed E-state index contributed by atoms with van der Waals surface area (Å²) in [5.41, 5.74) is 1.97. The molecule has 4 heteroatoms. The third-order valence-electron chi connectivity index (χ3n) is 3.94. The molecule has 108 valence electrons. The first-order chi connectivity index (χ1) is 10.2. The van der Waals surface area contributed by atoms with Gasteiger partial charge in [-0.25, -0.2) is 0 Å². The Kier molecular flexibility index (Phi) is 4.13. The predicted molar refractivity (Wildman–Crippen MR) is 88.5 cm³/mol. The summed E-state index contributed by atoms with van der Waals surface area (Å²) in [6, 6.07) is 9.76. The number of halogens is 1. The van der Waals surface area contributed by atoms with Crippen LogP contribution >= 0.6 is 22.9 Å². The SMILES string of the molecule is O=C(/C=C/c1ccsc1)NC1(c2ccc(Cl)cc2)CCC1. The lowest BCUT2D eigenvalue weighted by atomic mass is 9.72. The molecule has 1 N–H and O–H groups in total. The lowest BCUT2D eigenvalue weighted by Crippen LogP contribution is -2.50. The number of rotatable bonds is 4. The van der Waals surface area contributed by atoms with Crippen LogP contribution in [0.2, 0.25) is 5.02 Å². The summed E-state index contributed by atoms with van der Waals surface area (Å²) in [4.78, 5) is 12.2. The summed E-state index contributed by atoms with van der Waals surface area (Å²) in [6.45, 7) is 0. The van der Waals surface area contributed by atoms with Crippen molar-refractivity contribution in [3.8, 4) is 0 Å². The molecule has 1 fully saturated rings. The molecule has 1 amide bonds. The molecule has 2 aromatic rings. The summed E-state index contributed by atoms with van der Waals surface area (Å²) in [5.74, 6) is -0.0455. The van der Waals surface area contributed by atoms with Crippen molar-refractivity contribution in [2.45, 2.75) is 24.8 Å². The van der Waals surface area contributed by atoms with E-state index in [2.05, 4.69) is 5.32 Å². The number of nitrogens with one attached hydrogen (secondary N) is 1. The van der Waals surface area contributed by atoms with Crippen molar-refractivity contribution in [3.63, 3.8) is 0 Å². The van der Waals surface area contributed by atoms with Crippen molar-refractivity contribution < 1.29 is 4.79 Å². The summed E-state index contributed by atoms with van der Waals surface area (Å²) in [6.07, 6.45) is 6.55. The molecule has 0 bridgehead atoms. The van der Waals surface area contributed by atoms with Crippen molar-refractivity contribution >= 4 is 34.9 Å². The van der Waals surface area contributed by atoms with Crippen molar-refractivity contribution in [3.05, 3.63) is 63.3 Å². The van der Waals surface area contributed by atoms with Crippen LogP contribution in [0.4, 0.5) is 0 Å². The first-order valence-electron chi connectivity index (χ1n) is 6.96. The molecule has 21 heavy (non-hydrogen) atoms. The van der Waals surface area contributed by atoms with Crippen LogP contribution in [0, 0.1) is 0 Å². The van der Waals surface area contributed by atoms with E-state index in [1.54, 1.807) is 17.4 Å². The molecule has 1 aliphatic carbocycles. The van der Waals surface area contributed by atoms with E-state index in [0.717, 1.165) is 35.4 Å². The van der Waals surface area contributed by atoms with Crippen LogP contribution in [0.15, 0.2) is 47.2 Å². The van der Waals surface area contributed by atoms with Crippen LogP contribution in [0.3, 0.4) is 0 Å². The van der Waals surface area contributed by atoms with Gasteiger partial charge in [0.2, 0.25) is 5.91 Å². The van der Waals surface area contributed by atoms with Crippen molar-refractivity contribution in [1.29, 1.82) is 0 Å². The fourth-order valence-corrected chi connectivity index (χ4v) is 3.36.